The second-order valence-electron chi connectivity index (χ2n) is 8.00. The summed E-state index contributed by atoms with van der Waals surface area (Å²) >= 11 is 0. The molecule has 1 aliphatic carbocycles. The molecule has 4 rings (SSSR count). The van der Waals surface area contributed by atoms with E-state index in [1.165, 1.54) is 24.0 Å². The lowest BCUT2D eigenvalue weighted by Crippen LogP contribution is -2.36. The second-order valence-corrected chi connectivity index (χ2v) is 8.00. The van der Waals surface area contributed by atoms with Gasteiger partial charge in [0, 0.05) is 19.1 Å². The fourth-order valence-electron chi connectivity index (χ4n) is 4.31. The second kappa shape index (κ2) is 8.21. The lowest BCUT2D eigenvalue weighted by Gasteiger charge is -2.32. The molecule has 1 N–H and O–H groups in total. The number of carbonyl (C=O) groups is 1. The molecule has 2 aromatic rings. The highest BCUT2D eigenvalue weighted by atomic mass is 16.2. The van der Waals surface area contributed by atoms with E-state index in [9.17, 15) is 4.79 Å². The van der Waals surface area contributed by atoms with Crippen LogP contribution in [-0.2, 0) is 6.54 Å². The van der Waals surface area contributed by atoms with E-state index in [0.29, 0.717) is 11.7 Å². The highest BCUT2D eigenvalue weighted by molar-refractivity contribution is 5.92. The van der Waals surface area contributed by atoms with Gasteiger partial charge in [-0.05, 0) is 50.3 Å². The standard InChI is InChI=1S/C21H29N5O/c1-16-7-2-3-8-17(16)13-25-12-6-11-19(14-25)26-15-20(23-24-26)21(27)22-18-9-4-5-10-18/h2-3,7-8,15,18-19H,4-6,9-14H2,1H3,(H,22,27)/t19-/m1/s1. The number of carbonyl (C=O) groups excluding carboxylic acids is 1. The van der Waals surface area contributed by atoms with Crippen LogP contribution in [0.5, 0.6) is 0 Å². The maximum atomic E-state index is 12.4. The van der Waals surface area contributed by atoms with Crippen molar-refractivity contribution in [1.29, 1.82) is 0 Å². The molecule has 0 spiro atoms. The lowest BCUT2D eigenvalue weighted by atomic mass is 10.0. The molecule has 0 bridgehead atoms. The van der Waals surface area contributed by atoms with Crippen molar-refractivity contribution in [2.24, 2.45) is 0 Å². The minimum Gasteiger partial charge on any atom is -0.348 e. The first kappa shape index (κ1) is 18.2. The maximum absolute atomic E-state index is 12.4. The Morgan fingerprint density at radius 3 is 2.81 bits per heavy atom. The summed E-state index contributed by atoms with van der Waals surface area (Å²) in [5.74, 6) is -0.0827. The van der Waals surface area contributed by atoms with E-state index in [4.69, 9.17) is 0 Å². The van der Waals surface area contributed by atoms with E-state index in [2.05, 4.69) is 51.7 Å². The summed E-state index contributed by atoms with van der Waals surface area (Å²) in [6.07, 6.45) is 8.61. The number of piperidine rings is 1. The topological polar surface area (TPSA) is 63.1 Å². The Kier molecular flexibility index (Phi) is 5.53. The van der Waals surface area contributed by atoms with Crippen molar-refractivity contribution in [1.82, 2.24) is 25.2 Å². The smallest absolute Gasteiger partial charge is 0.273 e. The van der Waals surface area contributed by atoms with Gasteiger partial charge in [-0.15, -0.1) is 5.10 Å². The quantitative estimate of drug-likeness (QED) is 0.882. The monoisotopic (exact) mass is 367 g/mol. The van der Waals surface area contributed by atoms with Crippen LogP contribution in [0.15, 0.2) is 30.5 Å². The van der Waals surface area contributed by atoms with Crippen molar-refractivity contribution in [3.63, 3.8) is 0 Å². The highest BCUT2D eigenvalue weighted by Gasteiger charge is 2.25. The Labute approximate surface area is 160 Å². The van der Waals surface area contributed by atoms with Crippen LogP contribution in [0.1, 0.15) is 66.2 Å². The van der Waals surface area contributed by atoms with Crippen LogP contribution >= 0.6 is 0 Å². The Balaban J connectivity index is 1.37. The van der Waals surface area contributed by atoms with Gasteiger partial charge in [-0.3, -0.25) is 9.69 Å². The summed E-state index contributed by atoms with van der Waals surface area (Å²) in [7, 11) is 0. The third-order valence-corrected chi connectivity index (χ3v) is 5.94. The van der Waals surface area contributed by atoms with E-state index in [1.54, 1.807) is 0 Å². The van der Waals surface area contributed by atoms with Gasteiger partial charge in [0.15, 0.2) is 5.69 Å². The zero-order valence-electron chi connectivity index (χ0n) is 16.1. The average molecular weight is 367 g/mol. The number of aryl methyl sites for hydroxylation is 1. The van der Waals surface area contributed by atoms with Crippen LogP contribution in [0.3, 0.4) is 0 Å². The minimum absolute atomic E-state index is 0.0827. The number of hydrogen-bond acceptors (Lipinski definition) is 4. The number of likely N-dealkylation sites (tertiary alicyclic amines) is 1. The van der Waals surface area contributed by atoms with Gasteiger partial charge in [-0.25, -0.2) is 4.68 Å². The van der Waals surface area contributed by atoms with Crippen LogP contribution in [0, 0.1) is 6.92 Å². The number of hydrogen-bond donors (Lipinski definition) is 1. The third kappa shape index (κ3) is 4.38. The predicted octanol–water partition coefficient (Wildman–Crippen LogP) is 3.10. The van der Waals surface area contributed by atoms with Crippen molar-refractivity contribution >= 4 is 5.91 Å². The fourth-order valence-corrected chi connectivity index (χ4v) is 4.31. The Morgan fingerprint density at radius 1 is 1.19 bits per heavy atom. The molecular formula is C21H29N5O. The van der Waals surface area contributed by atoms with Gasteiger partial charge in [0.1, 0.15) is 0 Å². The summed E-state index contributed by atoms with van der Waals surface area (Å²) in [6.45, 7) is 5.19. The maximum Gasteiger partial charge on any atom is 0.273 e. The zero-order chi connectivity index (χ0) is 18.6. The molecule has 1 saturated heterocycles. The molecule has 1 aliphatic heterocycles. The molecule has 0 unspecified atom stereocenters. The number of rotatable bonds is 5. The van der Waals surface area contributed by atoms with E-state index < -0.39 is 0 Å². The van der Waals surface area contributed by atoms with Crippen LogP contribution in [0.25, 0.3) is 0 Å². The van der Waals surface area contributed by atoms with Crippen LogP contribution < -0.4 is 5.32 Å². The van der Waals surface area contributed by atoms with Crippen LogP contribution in [0.4, 0.5) is 0 Å². The summed E-state index contributed by atoms with van der Waals surface area (Å²) in [6, 6.07) is 9.16. The van der Waals surface area contributed by atoms with Crippen molar-refractivity contribution < 1.29 is 4.79 Å². The highest BCUT2D eigenvalue weighted by Crippen LogP contribution is 2.23. The minimum atomic E-state index is -0.0827. The molecule has 1 aromatic carbocycles. The first-order valence-corrected chi connectivity index (χ1v) is 10.2. The molecule has 0 radical (unpaired) electrons. The normalized spacial score (nSPS) is 21.4. The van der Waals surface area contributed by atoms with Crippen molar-refractivity contribution in [3.8, 4) is 0 Å². The summed E-state index contributed by atoms with van der Waals surface area (Å²) in [5, 5.41) is 11.5. The number of aromatic nitrogens is 3. The lowest BCUT2D eigenvalue weighted by molar-refractivity contribution is 0.0932. The molecule has 1 saturated carbocycles. The zero-order valence-corrected chi connectivity index (χ0v) is 16.1. The first-order valence-electron chi connectivity index (χ1n) is 10.2. The van der Waals surface area contributed by atoms with Gasteiger partial charge in [0.2, 0.25) is 0 Å². The Morgan fingerprint density at radius 2 is 2.00 bits per heavy atom. The van der Waals surface area contributed by atoms with Gasteiger partial charge in [0.05, 0.1) is 12.2 Å². The molecule has 2 heterocycles. The number of nitrogens with one attached hydrogen (secondary N) is 1. The van der Waals surface area contributed by atoms with Crippen molar-refractivity contribution in [3.05, 3.63) is 47.3 Å². The molecule has 2 aliphatic rings. The predicted molar refractivity (Wildman–Crippen MR) is 104 cm³/mol. The van der Waals surface area contributed by atoms with E-state index >= 15 is 0 Å². The Bertz CT molecular complexity index is 780. The molecule has 1 amide bonds. The van der Waals surface area contributed by atoms with E-state index in [1.807, 2.05) is 10.9 Å². The number of benzene rings is 1. The fraction of sp³-hybridized carbons (Fsp3) is 0.571. The molecule has 2 fully saturated rings. The first-order chi connectivity index (χ1) is 13.2. The number of nitrogens with zero attached hydrogens (tertiary/aromatic N) is 4. The van der Waals surface area contributed by atoms with Crippen molar-refractivity contribution in [2.75, 3.05) is 13.1 Å². The van der Waals surface area contributed by atoms with Gasteiger partial charge < -0.3 is 5.32 Å². The van der Waals surface area contributed by atoms with Gasteiger partial charge in [-0.1, -0.05) is 42.3 Å². The van der Waals surface area contributed by atoms with Crippen LogP contribution in [-0.4, -0.2) is 44.9 Å². The molecule has 6 heteroatoms. The Hall–Kier alpha value is -2.21. The van der Waals surface area contributed by atoms with Gasteiger partial charge in [0.25, 0.3) is 5.91 Å². The van der Waals surface area contributed by atoms with E-state index in [-0.39, 0.29) is 11.9 Å². The van der Waals surface area contributed by atoms with Gasteiger partial charge in [-0.2, -0.15) is 0 Å². The summed E-state index contributed by atoms with van der Waals surface area (Å²) < 4.78 is 1.90. The molecule has 1 aromatic heterocycles. The van der Waals surface area contributed by atoms with Gasteiger partial charge >= 0.3 is 0 Å². The van der Waals surface area contributed by atoms with Crippen molar-refractivity contribution in [2.45, 2.75) is 64.1 Å². The molecule has 6 nitrogen and oxygen atoms in total. The van der Waals surface area contributed by atoms with Crippen LogP contribution in [0.2, 0.25) is 0 Å². The molecular weight excluding hydrogens is 338 g/mol. The summed E-state index contributed by atoms with van der Waals surface area (Å²) in [5.41, 5.74) is 3.16. The summed E-state index contributed by atoms with van der Waals surface area (Å²) in [4.78, 5) is 14.9. The SMILES string of the molecule is Cc1ccccc1CN1CCC[C@@H](n2cc(C(=O)NC3CCCC3)nn2)C1. The number of amides is 1. The average Bonchev–Trinajstić information content (AvgIpc) is 3.36. The molecule has 144 valence electrons. The third-order valence-electron chi connectivity index (χ3n) is 5.94. The molecule has 1 atom stereocenters. The largest absolute Gasteiger partial charge is 0.348 e. The van der Waals surface area contributed by atoms with E-state index in [0.717, 1.165) is 45.3 Å². The molecule has 27 heavy (non-hydrogen) atoms.